The van der Waals surface area contributed by atoms with Gasteiger partial charge in [0.1, 0.15) is 11.6 Å². The van der Waals surface area contributed by atoms with Crippen LogP contribution in [-0.2, 0) is 14.1 Å². The molecule has 7 nitrogen and oxygen atoms in total. The first-order chi connectivity index (χ1) is 14.5. The average molecular weight is 404 g/mol. The predicted molar refractivity (Wildman–Crippen MR) is 109 cm³/mol. The zero-order chi connectivity index (χ0) is 21.0. The van der Waals surface area contributed by atoms with Gasteiger partial charge in [-0.15, -0.1) is 0 Å². The van der Waals surface area contributed by atoms with Gasteiger partial charge in [-0.25, -0.2) is 4.39 Å². The number of aryl methyl sites for hydroxylation is 2. The molecule has 0 saturated heterocycles. The Bertz CT molecular complexity index is 1440. The summed E-state index contributed by atoms with van der Waals surface area (Å²) in [7, 11) is 5.28. The third kappa shape index (κ3) is 2.68. The fourth-order valence-corrected chi connectivity index (χ4v) is 3.76. The maximum Gasteiger partial charge on any atom is 0.299 e. The molecule has 5 aromatic rings. The van der Waals surface area contributed by atoms with Crippen LogP contribution in [0.5, 0.6) is 5.75 Å². The number of halogens is 1. The molecule has 0 spiro atoms. The topological polar surface area (TPSA) is 75.1 Å². The van der Waals surface area contributed by atoms with E-state index in [1.54, 1.807) is 31.6 Å². The Labute approximate surface area is 170 Å². The van der Waals surface area contributed by atoms with Gasteiger partial charge in [-0.2, -0.15) is 4.98 Å². The lowest BCUT2D eigenvalue weighted by atomic mass is 10.1. The number of carbonyl (C=O) groups excluding carboxylic acids is 1. The minimum absolute atomic E-state index is 0.131. The van der Waals surface area contributed by atoms with Crippen LogP contribution in [0, 0.1) is 5.82 Å². The van der Waals surface area contributed by atoms with Crippen LogP contribution in [0.25, 0.3) is 33.2 Å². The summed E-state index contributed by atoms with van der Waals surface area (Å²) in [5.74, 6) is -0.00805. The lowest BCUT2D eigenvalue weighted by Crippen LogP contribution is -2.01. The number of ether oxygens (including phenoxy) is 1. The normalized spacial score (nSPS) is 11.5. The molecule has 0 aliphatic carbocycles. The molecule has 30 heavy (non-hydrogen) atoms. The Morgan fingerprint density at radius 2 is 1.77 bits per heavy atom. The Hall–Kier alpha value is -3.94. The molecule has 8 heteroatoms. The second-order valence-electron chi connectivity index (χ2n) is 7.10. The van der Waals surface area contributed by atoms with Crippen molar-refractivity contribution in [3.05, 3.63) is 66.1 Å². The average Bonchev–Trinajstić information content (AvgIpc) is 3.44. The Morgan fingerprint density at radius 3 is 2.57 bits per heavy atom. The van der Waals surface area contributed by atoms with E-state index in [0.29, 0.717) is 22.3 Å². The van der Waals surface area contributed by atoms with E-state index in [1.807, 2.05) is 35.4 Å². The molecular formula is C22H17FN4O3. The van der Waals surface area contributed by atoms with E-state index in [-0.39, 0.29) is 23.3 Å². The Balaban J connectivity index is 1.59. The van der Waals surface area contributed by atoms with Gasteiger partial charge in [-0.3, -0.25) is 4.79 Å². The molecule has 150 valence electrons. The molecule has 0 unspecified atom stereocenters. The lowest BCUT2D eigenvalue weighted by Gasteiger charge is -2.01. The van der Waals surface area contributed by atoms with Gasteiger partial charge in [0.05, 0.1) is 12.7 Å². The third-order valence-corrected chi connectivity index (χ3v) is 5.25. The predicted octanol–water partition coefficient (Wildman–Crippen LogP) is 4.10. The molecule has 0 aliphatic rings. The largest absolute Gasteiger partial charge is 0.497 e. The summed E-state index contributed by atoms with van der Waals surface area (Å²) >= 11 is 0. The highest BCUT2D eigenvalue weighted by Crippen LogP contribution is 2.30. The zero-order valence-electron chi connectivity index (χ0n) is 16.5. The fraction of sp³-hybridized carbons (Fsp3) is 0.136. The molecule has 0 bridgehead atoms. The smallest absolute Gasteiger partial charge is 0.299 e. The van der Waals surface area contributed by atoms with Crippen LogP contribution in [0.3, 0.4) is 0 Å². The van der Waals surface area contributed by atoms with Crippen molar-refractivity contribution in [1.29, 1.82) is 0 Å². The fourth-order valence-electron chi connectivity index (χ4n) is 3.76. The maximum atomic E-state index is 13.8. The molecule has 0 fully saturated rings. The number of ketones is 1. The quantitative estimate of drug-likeness (QED) is 0.422. The summed E-state index contributed by atoms with van der Waals surface area (Å²) < 4.78 is 28.0. The number of nitrogens with zero attached hydrogens (tertiary/aromatic N) is 4. The molecule has 3 aromatic heterocycles. The van der Waals surface area contributed by atoms with E-state index in [0.717, 1.165) is 16.4 Å². The van der Waals surface area contributed by atoms with E-state index in [4.69, 9.17) is 9.26 Å². The maximum absolute atomic E-state index is 13.8. The van der Waals surface area contributed by atoms with E-state index in [2.05, 4.69) is 10.1 Å². The van der Waals surface area contributed by atoms with Crippen molar-refractivity contribution in [3.8, 4) is 17.1 Å². The second kappa shape index (κ2) is 6.55. The first-order valence-electron chi connectivity index (χ1n) is 9.22. The van der Waals surface area contributed by atoms with Gasteiger partial charge >= 0.3 is 0 Å². The third-order valence-electron chi connectivity index (χ3n) is 5.25. The summed E-state index contributed by atoms with van der Waals surface area (Å²) in [5, 5.41) is 5.35. The number of fused-ring (bicyclic) bond motifs is 2. The van der Waals surface area contributed by atoms with Gasteiger partial charge in [-0.1, -0.05) is 5.16 Å². The van der Waals surface area contributed by atoms with Crippen LogP contribution in [0.1, 0.15) is 16.2 Å². The van der Waals surface area contributed by atoms with Crippen LogP contribution in [-0.4, -0.2) is 32.2 Å². The number of aromatic nitrogens is 4. The van der Waals surface area contributed by atoms with Gasteiger partial charge in [0.2, 0.25) is 5.82 Å². The minimum atomic E-state index is -0.390. The molecule has 0 radical (unpaired) electrons. The molecule has 3 heterocycles. The minimum Gasteiger partial charge on any atom is -0.497 e. The molecule has 0 saturated carbocycles. The van der Waals surface area contributed by atoms with Crippen molar-refractivity contribution in [2.75, 3.05) is 7.11 Å². The summed E-state index contributed by atoms with van der Waals surface area (Å²) in [6.45, 7) is 0. The van der Waals surface area contributed by atoms with E-state index >= 15 is 0 Å². The van der Waals surface area contributed by atoms with Crippen LogP contribution < -0.4 is 4.74 Å². The van der Waals surface area contributed by atoms with Crippen LogP contribution in [0.2, 0.25) is 0 Å². The molecular weight excluding hydrogens is 387 g/mol. The monoisotopic (exact) mass is 404 g/mol. The molecule has 0 atom stereocenters. The standard InChI is InChI=1S/C22H17FN4O3/c1-26-10-16(15-9-13(29-3)5-7-19(15)26)20(28)22-24-21(25-30-22)17-11-27(2)18-6-4-12(23)8-14(17)18/h4-11H,1-3H3. The van der Waals surface area contributed by atoms with Crippen molar-refractivity contribution >= 4 is 27.6 Å². The van der Waals surface area contributed by atoms with Crippen molar-refractivity contribution < 1.29 is 18.4 Å². The highest BCUT2D eigenvalue weighted by molar-refractivity contribution is 6.14. The molecule has 0 amide bonds. The first-order valence-corrected chi connectivity index (χ1v) is 9.22. The number of carbonyl (C=O) groups is 1. The Morgan fingerprint density at radius 1 is 1.03 bits per heavy atom. The number of hydrogen-bond acceptors (Lipinski definition) is 5. The number of methoxy groups -OCH3 is 1. The highest BCUT2D eigenvalue weighted by Gasteiger charge is 2.23. The van der Waals surface area contributed by atoms with Gasteiger partial charge < -0.3 is 18.4 Å². The summed E-state index contributed by atoms with van der Waals surface area (Å²) in [6.07, 6.45) is 3.51. The number of hydrogen-bond donors (Lipinski definition) is 0. The summed E-state index contributed by atoms with van der Waals surface area (Å²) in [4.78, 5) is 17.4. The van der Waals surface area contributed by atoms with E-state index in [1.165, 1.54) is 12.1 Å². The van der Waals surface area contributed by atoms with Crippen LogP contribution in [0.15, 0.2) is 53.3 Å². The zero-order valence-corrected chi connectivity index (χ0v) is 16.5. The number of benzene rings is 2. The molecule has 5 rings (SSSR count). The van der Waals surface area contributed by atoms with Crippen LogP contribution in [0.4, 0.5) is 4.39 Å². The molecule has 0 N–H and O–H groups in total. The van der Waals surface area contributed by atoms with Gasteiger partial charge in [0.15, 0.2) is 0 Å². The summed E-state index contributed by atoms with van der Waals surface area (Å²) in [5.41, 5.74) is 2.73. The van der Waals surface area contributed by atoms with Gasteiger partial charge in [0, 0.05) is 53.9 Å². The SMILES string of the molecule is COc1ccc2c(c1)c(C(=O)c1nc(-c3cn(C)c4ccc(F)cc34)no1)cn2C. The van der Waals surface area contributed by atoms with E-state index < -0.39 is 0 Å². The highest BCUT2D eigenvalue weighted by atomic mass is 19.1. The molecule has 2 aromatic carbocycles. The summed E-state index contributed by atoms with van der Waals surface area (Å²) in [6, 6.07) is 10.0. The first kappa shape index (κ1) is 18.1. The van der Waals surface area contributed by atoms with Crippen molar-refractivity contribution in [1.82, 2.24) is 19.3 Å². The second-order valence-corrected chi connectivity index (χ2v) is 7.10. The van der Waals surface area contributed by atoms with Crippen LogP contribution >= 0.6 is 0 Å². The van der Waals surface area contributed by atoms with Crippen molar-refractivity contribution in [2.45, 2.75) is 0 Å². The van der Waals surface area contributed by atoms with Gasteiger partial charge in [0.25, 0.3) is 11.7 Å². The van der Waals surface area contributed by atoms with Crippen molar-refractivity contribution in [3.63, 3.8) is 0 Å². The van der Waals surface area contributed by atoms with Gasteiger partial charge in [-0.05, 0) is 36.4 Å². The number of rotatable bonds is 4. The molecule has 0 aliphatic heterocycles. The van der Waals surface area contributed by atoms with E-state index in [9.17, 15) is 9.18 Å². The Kier molecular flexibility index (Phi) is 3.95. The van der Waals surface area contributed by atoms with Crippen molar-refractivity contribution in [2.24, 2.45) is 14.1 Å². The lowest BCUT2D eigenvalue weighted by molar-refractivity contribution is 0.0995.